The first-order chi connectivity index (χ1) is 7.67. The Morgan fingerprint density at radius 3 is 3.00 bits per heavy atom. The van der Waals surface area contributed by atoms with E-state index in [0.717, 1.165) is 19.4 Å². The van der Waals surface area contributed by atoms with Gasteiger partial charge in [0, 0.05) is 25.9 Å². The van der Waals surface area contributed by atoms with Crippen LogP contribution in [-0.4, -0.2) is 29.8 Å². The molecule has 1 saturated heterocycles. The van der Waals surface area contributed by atoms with Crippen LogP contribution in [0.5, 0.6) is 0 Å². The third-order valence-electron chi connectivity index (χ3n) is 2.98. The summed E-state index contributed by atoms with van der Waals surface area (Å²) < 4.78 is 0. The summed E-state index contributed by atoms with van der Waals surface area (Å²) in [7, 11) is 0. The van der Waals surface area contributed by atoms with E-state index in [4.69, 9.17) is 5.84 Å². The summed E-state index contributed by atoms with van der Waals surface area (Å²) in [4.78, 5) is 24.4. The molecule has 5 nitrogen and oxygen atoms in total. The van der Waals surface area contributed by atoms with Crippen LogP contribution >= 0.6 is 0 Å². The van der Waals surface area contributed by atoms with Crippen LogP contribution in [0.2, 0.25) is 0 Å². The number of nitrogens with zero attached hydrogens (tertiary/aromatic N) is 1. The van der Waals surface area contributed by atoms with Crippen LogP contribution in [0.25, 0.3) is 0 Å². The molecule has 1 unspecified atom stereocenters. The lowest BCUT2D eigenvalue weighted by Gasteiger charge is -2.16. The van der Waals surface area contributed by atoms with Crippen LogP contribution in [0.1, 0.15) is 39.0 Å². The van der Waals surface area contributed by atoms with E-state index in [1.165, 1.54) is 0 Å². The van der Waals surface area contributed by atoms with Crippen LogP contribution in [0.4, 0.5) is 0 Å². The molecule has 92 valence electrons. The van der Waals surface area contributed by atoms with Crippen LogP contribution in [-0.2, 0) is 9.59 Å². The highest BCUT2D eigenvalue weighted by atomic mass is 16.2. The molecule has 0 aromatic carbocycles. The van der Waals surface area contributed by atoms with Crippen LogP contribution in [0.15, 0.2) is 0 Å². The van der Waals surface area contributed by atoms with Gasteiger partial charge < -0.3 is 4.90 Å². The Bertz CT molecular complexity index is 256. The van der Waals surface area contributed by atoms with Gasteiger partial charge in [0.05, 0.1) is 0 Å². The SMILES string of the molecule is CCCC1CC(=O)N(CCCC(=O)NN)C1. The standard InChI is InChI=1S/C11H21N3O2/c1-2-4-9-7-11(16)14(8-9)6-3-5-10(15)13-12/h9H,2-8,12H2,1H3,(H,13,15). The predicted molar refractivity (Wildman–Crippen MR) is 61.2 cm³/mol. The summed E-state index contributed by atoms with van der Waals surface area (Å²) in [5.74, 6) is 5.55. The smallest absolute Gasteiger partial charge is 0.233 e. The molecule has 1 atom stereocenters. The lowest BCUT2D eigenvalue weighted by Crippen LogP contribution is -2.31. The fourth-order valence-electron chi connectivity index (χ4n) is 2.17. The van der Waals surface area contributed by atoms with Gasteiger partial charge in [0.25, 0.3) is 0 Å². The molecule has 1 aliphatic rings. The minimum Gasteiger partial charge on any atom is -0.342 e. The van der Waals surface area contributed by atoms with Crippen molar-refractivity contribution in [1.29, 1.82) is 0 Å². The van der Waals surface area contributed by atoms with Gasteiger partial charge in [-0.3, -0.25) is 15.0 Å². The predicted octanol–water partition coefficient (Wildman–Crippen LogP) is 0.405. The summed E-state index contributed by atoms with van der Waals surface area (Å²) in [6.07, 6.45) is 4.00. The van der Waals surface area contributed by atoms with Crippen molar-refractivity contribution in [3.8, 4) is 0 Å². The van der Waals surface area contributed by atoms with Gasteiger partial charge in [0.2, 0.25) is 11.8 Å². The number of carbonyl (C=O) groups excluding carboxylic acids is 2. The third kappa shape index (κ3) is 3.81. The third-order valence-corrected chi connectivity index (χ3v) is 2.98. The number of rotatable bonds is 6. The minimum absolute atomic E-state index is 0.170. The van der Waals surface area contributed by atoms with E-state index in [2.05, 4.69) is 12.3 Å². The van der Waals surface area contributed by atoms with Crippen molar-refractivity contribution in [3.05, 3.63) is 0 Å². The maximum absolute atomic E-state index is 11.6. The number of nitrogens with two attached hydrogens (primary N) is 1. The van der Waals surface area contributed by atoms with Gasteiger partial charge >= 0.3 is 0 Å². The molecule has 0 spiro atoms. The zero-order chi connectivity index (χ0) is 12.0. The minimum atomic E-state index is -0.170. The molecule has 1 aliphatic heterocycles. The van der Waals surface area contributed by atoms with E-state index in [9.17, 15) is 9.59 Å². The van der Waals surface area contributed by atoms with E-state index >= 15 is 0 Å². The number of carbonyl (C=O) groups is 2. The second kappa shape index (κ2) is 6.48. The normalized spacial score (nSPS) is 20.2. The molecule has 0 aromatic rings. The summed E-state index contributed by atoms with van der Waals surface area (Å²) in [5.41, 5.74) is 2.09. The van der Waals surface area contributed by atoms with Crippen LogP contribution in [0.3, 0.4) is 0 Å². The average molecular weight is 227 g/mol. The molecule has 1 rings (SSSR count). The number of nitrogens with one attached hydrogen (secondary N) is 1. The van der Waals surface area contributed by atoms with Crippen LogP contribution < -0.4 is 11.3 Å². The molecule has 1 fully saturated rings. The Hall–Kier alpha value is -1.10. The van der Waals surface area contributed by atoms with E-state index < -0.39 is 0 Å². The number of hydrogen-bond acceptors (Lipinski definition) is 3. The Balaban J connectivity index is 2.22. The Labute approximate surface area is 96.3 Å². The molecular weight excluding hydrogens is 206 g/mol. The van der Waals surface area contributed by atoms with E-state index in [1.54, 1.807) is 0 Å². The maximum Gasteiger partial charge on any atom is 0.233 e. The average Bonchev–Trinajstić information content (AvgIpc) is 2.60. The van der Waals surface area contributed by atoms with Crippen molar-refractivity contribution >= 4 is 11.8 Å². The second-order valence-corrected chi connectivity index (χ2v) is 4.37. The van der Waals surface area contributed by atoms with Gasteiger partial charge in [-0.15, -0.1) is 0 Å². The molecule has 0 aromatic heterocycles. The second-order valence-electron chi connectivity index (χ2n) is 4.37. The summed E-state index contributed by atoms with van der Waals surface area (Å²) >= 11 is 0. The highest BCUT2D eigenvalue weighted by molar-refractivity contribution is 5.79. The molecule has 5 heteroatoms. The molecule has 2 amide bonds. The number of amides is 2. The number of hydrogen-bond donors (Lipinski definition) is 2. The Morgan fingerprint density at radius 1 is 1.62 bits per heavy atom. The molecule has 0 bridgehead atoms. The lowest BCUT2D eigenvalue weighted by molar-refractivity contribution is -0.128. The zero-order valence-corrected chi connectivity index (χ0v) is 9.87. The monoisotopic (exact) mass is 227 g/mol. The van der Waals surface area contributed by atoms with Gasteiger partial charge in [-0.1, -0.05) is 13.3 Å². The molecule has 0 radical (unpaired) electrons. The van der Waals surface area contributed by atoms with Crippen molar-refractivity contribution in [2.24, 2.45) is 11.8 Å². The van der Waals surface area contributed by atoms with Crippen molar-refractivity contribution < 1.29 is 9.59 Å². The van der Waals surface area contributed by atoms with E-state index in [-0.39, 0.29) is 11.8 Å². The molecule has 0 saturated carbocycles. The largest absolute Gasteiger partial charge is 0.342 e. The lowest BCUT2D eigenvalue weighted by atomic mass is 10.0. The quantitative estimate of drug-likeness (QED) is 0.392. The highest BCUT2D eigenvalue weighted by Crippen LogP contribution is 2.22. The first-order valence-electron chi connectivity index (χ1n) is 5.94. The van der Waals surface area contributed by atoms with Crippen LogP contribution in [0, 0.1) is 5.92 Å². The fourth-order valence-corrected chi connectivity index (χ4v) is 2.17. The summed E-state index contributed by atoms with van der Waals surface area (Å²) in [5, 5.41) is 0. The first kappa shape index (κ1) is 13.0. The maximum atomic E-state index is 11.6. The molecule has 3 N–H and O–H groups in total. The van der Waals surface area contributed by atoms with Gasteiger partial charge in [-0.05, 0) is 18.8 Å². The van der Waals surface area contributed by atoms with Gasteiger partial charge in [-0.2, -0.15) is 0 Å². The number of likely N-dealkylation sites (tertiary alicyclic amines) is 1. The fraction of sp³-hybridized carbons (Fsp3) is 0.818. The van der Waals surface area contributed by atoms with Crippen molar-refractivity contribution in [3.63, 3.8) is 0 Å². The number of hydrazine groups is 1. The topological polar surface area (TPSA) is 75.4 Å². The van der Waals surface area contributed by atoms with Gasteiger partial charge in [0.1, 0.15) is 0 Å². The Kier molecular flexibility index (Phi) is 5.25. The highest BCUT2D eigenvalue weighted by Gasteiger charge is 2.28. The zero-order valence-electron chi connectivity index (χ0n) is 9.87. The van der Waals surface area contributed by atoms with E-state index in [0.29, 0.717) is 31.7 Å². The Morgan fingerprint density at radius 2 is 2.38 bits per heavy atom. The van der Waals surface area contributed by atoms with Crippen molar-refractivity contribution in [2.45, 2.75) is 39.0 Å². The molecule has 0 aliphatic carbocycles. The molecule has 1 heterocycles. The summed E-state index contributed by atoms with van der Waals surface area (Å²) in [6.45, 7) is 3.67. The molecule has 16 heavy (non-hydrogen) atoms. The first-order valence-corrected chi connectivity index (χ1v) is 5.94. The van der Waals surface area contributed by atoms with Crippen molar-refractivity contribution in [1.82, 2.24) is 10.3 Å². The van der Waals surface area contributed by atoms with Gasteiger partial charge in [0.15, 0.2) is 0 Å². The summed E-state index contributed by atoms with van der Waals surface area (Å²) in [6, 6.07) is 0. The van der Waals surface area contributed by atoms with Gasteiger partial charge in [-0.25, -0.2) is 5.84 Å². The van der Waals surface area contributed by atoms with Crippen molar-refractivity contribution in [2.75, 3.05) is 13.1 Å². The van der Waals surface area contributed by atoms with E-state index in [1.807, 2.05) is 4.90 Å². The molecular formula is C11H21N3O2.